The lowest BCUT2D eigenvalue weighted by Crippen LogP contribution is -2.33. The highest BCUT2D eigenvalue weighted by molar-refractivity contribution is 6.30. The van der Waals surface area contributed by atoms with E-state index in [1.165, 1.54) is 10.9 Å². The zero-order valence-corrected chi connectivity index (χ0v) is 17.7. The fraction of sp³-hybridized carbons (Fsp3) is 0.450. The number of nitrogens with zero attached hydrogens (tertiary/aromatic N) is 3. The summed E-state index contributed by atoms with van der Waals surface area (Å²) in [6, 6.07) is 6.59. The summed E-state index contributed by atoms with van der Waals surface area (Å²) in [6.07, 6.45) is 1.03. The van der Waals surface area contributed by atoms with Crippen LogP contribution in [0.1, 0.15) is 50.0 Å². The number of halogens is 1. The number of nitrogens with two attached hydrogens (primary N) is 1. The van der Waals surface area contributed by atoms with Gasteiger partial charge >= 0.3 is 0 Å². The molecule has 0 aliphatic rings. The first-order valence-electron chi connectivity index (χ1n) is 9.19. The number of rotatable bonds is 7. The summed E-state index contributed by atoms with van der Waals surface area (Å²) in [5, 5.41) is 25.2. The monoisotopic (exact) mass is 422 g/mol. The Hall–Kier alpha value is -2.26. The van der Waals surface area contributed by atoms with Crippen molar-refractivity contribution in [3.63, 3.8) is 0 Å². The minimum absolute atomic E-state index is 0.0658. The van der Waals surface area contributed by atoms with E-state index in [1.54, 1.807) is 52.0 Å². The molecule has 1 aromatic heterocycles. The topological polar surface area (TPSA) is 123 Å². The average molecular weight is 423 g/mol. The molecule has 2 rings (SSSR count). The van der Waals surface area contributed by atoms with Crippen LogP contribution in [0.25, 0.3) is 0 Å². The maximum absolute atomic E-state index is 12.6. The van der Waals surface area contributed by atoms with Gasteiger partial charge in [0, 0.05) is 16.1 Å². The Morgan fingerprint density at radius 2 is 2.00 bits per heavy atom. The number of aliphatic imine (C=N–C) groups is 1. The van der Waals surface area contributed by atoms with E-state index in [4.69, 9.17) is 22.3 Å². The van der Waals surface area contributed by atoms with Crippen molar-refractivity contribution in [1.82, 2.24) is 9.78 Å². The second-order valence-corrected chi connectivity index (χ2v) is 7.93. The third-order valence-electron chi connectivity index (χ3n) is 4.55. The minimum atomic E-state index is -1.18. The Morgan fingerprint density at radius 1 is 1.38 bits per heavy atom. The number of aromatic nitrogens is 2. The molecule has 0 aliphatic carbocycles. The minimum Gasteiger partial charge on any atom is -0.394 e. The van der Waals surface area contributed by atoms with Crippen LogP contribution < -0.4 is 11.5 Å². The summed E-state index contributed by atoms with van der Waals surface area (Å²) in [4.78, 5) is 21.7. The van der Waals surface area contributed by atoms with Gasteiger partial charge in [-0.3, -0.25) is 4.79 Å². The Balaban J connectivity index is 2.14. The largest absolute Gasteiger partial charge is 0.394 e. The predicted octanol–water partition coefficient (Wildman–Crippen LogP) is 2.23. The Labute approximate surface area is 174 Å². The van der Waals surface area contributed by atoms with Gasteiger partial charge in [0.15, 0.2) is 0 Å². The van der Waals surface area contributed by atoms with E-state index in [0.717, 1.165) is 5.56 Å². The molecule has 2 aromatic rings. The van der Waals surface area contributed by atoms with Gasteiger partial charge in [-0.25, -0.2) is 9.67 Å². The molecule has 29 heavy (non-hydrogen) atoms. The van der Waals surface area contributed by atoms with E-state index >= 15 is 0 Å². The molecule has 8 nitrogen and oxygen atoms in total. The van der Waals surface area contributed by atoms with Crippen molar-refractivity contribution in [3.05, 3.63) is 62.5 Å². The zero-order chi connectivity index (χ0) is 21.8. The molecule has 4 N–H and O–H groups in total. The molecule has 0 bridgehead atoms. The normalized spacial score (nSPS) is 14.6. The third-order valence-corrected chi connectivity index (χ3v) is 4.80. The Morgan fingerprint density at radius 3 is 2.55 bits per heavy atom. The molecule has 0 spiro atoms. The van der Waals surface area contributed by atoms with Crippen LogP contribution in [0.2, 0.25) is 5.02 Å². The molecule has 1 aromatic carbocycles. The lowest BCUT2D eigenvalue weighted by Gasteiger charge is -2.20. The van der Waals surface area contributed by atoms with Crippen LogP contribution >= 0.6 is 11.6 Å². The van der Waals surface area contributed by atoms with Gasteiger partial charge in [-0.05, 0) is 51.8 Å². The van der Waals surface area contributed by atoms with Gasteiger partial charge in [0.1, 0.15) is 6.54 Å². The molecule has 0 fully saturated rings. The number of aliphatic hydroxyl groups excluding tert-OH is 1. The summed E-state index contributed by atoms with van der Waals surface area (Å²) < 4.78 is 1.17. The Kier molecular flexibility index (Phi) is 7.54. The highest BCUT2D eigenvalue weighted by Gasteiger charge is 2.22. The molecule has 1 unspecified atom stereocenters. The summed E-state index contributed by atoms with van der Waals surface area (Å²) in [5.74, 6) is 5.43. The molecule has 0 radical (unpaired) electrons. The molecule has 2 atom stereocenters. The molecule has 158 valence electrons. The number of hydrogen-bond donors (Lipinski definition) is 3. The molecule has 1 heterocycles. The van der Waals surface area contributed by atoms with Gasteiger partial charge < -0.3 is 15.1 Å². The van der Waals surface area contributed by atoms with Gasteiger partial charge in [-0.15, -0.1) is 0 Å². The molecular formula is C20H27ClN4O4. The van der Waals surface area contributed by atoms with Crippen LogP contribution in [0.3, 0.4) is 0 Å². The molecule has 0 saturated heterocycles. The van der Waals surface area contributed by atoms with Crippen molar-refractivity contribution in [1.29, 1.82) is 0 Å². The van der Waals surface area contributed by atoms with E-state index in [9.17, 15) is 15.0 Å². The first-order chi connectivity index (χ1) is 13.5. The van der Waals surface area contributed by atoms with Crippen molar-refractivity contribution in [2.45, 2.75) is 58.4 Å². The summed E-state index contributed by atoms with van der Waals surface area (Å²) in [5.41, 5.74) is 0.00852. The van der Waals surface area contributed by atoms with Crippen molar-refractivity contribution in [2.24, 2.45) is 10.9 Å². The maximum Gasteiger partial charge on any atom is 0.270 e. The first kappa shape index (κ1) is 23.0. The first-order valence-corrected chi connectivity index (χ1v) is 9.57. The number of hydrogen-bond acceptors (Lipinski definition) is 7. The Bertz CT molecular complexity index is 920. The lowest BCUT2D eigenvalue weighted by atomic mass is 9.97. The van der Waals surface area contributed by atoms with Crippen LogP contribution in [0.15, 0.2) is 40.2 Å². The van der Waals surface area contributed by atoms with E-state index < -0.39 is 11.7 Å². The van der Waals surface area contributed by atoms with Gasteiger partial charge in [-0.1, -0.05) is 23.7 Å². The van der Waals surface area contributed by atoms with Crippen LogP contribution in [0, 0.1) is 6.92 Å². The smallest absolute Gasteiger partial charge is 0.270 e. The van der Waals surface area contributed by atoms with Crippen LogP contribution in [0.4, 0.5) is 0 Å². The molecule has 0 aliphatic heterocycles. The maximum atomic E-state index is 12.6. The van der Waals surface area contributed by atoms with Gasteiger partial charge in [0.25, 0.3) is 5.56 Å². The van der Waals surface area contributed by atoms with Crippen molar-refractivity contribution in [3.8, 4) is 0 Å². The molecular weight excluding hydrogens is 396 g/mol. The second-order valence-electron chi connectivity index (χ2n) is 7.50. The van der Waals surface area contributed by atoms with E-state index in [0.29, 0.717) is 22.6 Å². The van der Waals surface area contributed by atoms with Gasteiger partial charge in [0.2, 0.25) is 5.90 Å². The molecule has 0 amide bonds. The van der Waals surface area contributed by atoms with Crippen molar-refractivity contribution < 1.29 is 15.1 Å². The summed E-state index contributed by atoms with van der Waals surface area (Å²) in [7, 11) is 0. The highest BCUT2D eigenvalue weighted by Crippen LogP contribution is 2.22. The number of benzene rings is 1. The van der Waals surface area contributed by atoms with E-state index in [2.05, 4.69) is 10.1 Å². The summed E-state index contributed by atoms with van der Waals surface area (Å²) in [6.45, 7) is 6.54. The quantitative estimate of drug-likeness (QED) is 0.357. The third kappa shape index (κ3) is 6.11. The lowest BCUT2D eigenvalue weighted by molar-refractivity contribution is 0.0769. The standard InChI is InChI=1S/C20H27ClN4O4/c1-12(9-17(26)14-5-7-15(21)8-6-14)24-18(29-22)11-25-19(27)13(2)16(10-23-25)20(3,4)28/h5-8,10,12,17,26,28H,9,11,22H2,1-4H3/t12?,17-/m0/s1. The zero-order valence-electron chi connectivity index (χ0n) is 17.0. The van der Waals surface area contributed by atoms with Crippen LogP contribution in [-0.4, -0.2) is 31.9 Å². The predicted molar refractivity (Wildman–Crippen MR) is 112 cm³/mol. The van der Waals surface area contributed by atoms with Crippen molar-refractivity contribution in [2.75, 3.05) is 0 Å². The van der Waals surface area contributed by atoms with E-state index in [-0.39, 0.29) is 24.0 Å². The highest BCUT2D eigenvalue weighted by atomic mass is 35.5. The van der Waals surface area contributed by atoms with E-state index in [1.807, 2.05) is 0 Å². The number of aliphatic hydroxyl groups is 2. The van der Waals surface area contributed by atoms with Gasteiger partial charge in [-0.2, -0.15) is 11.0 Å². The van der Waals surface area contributed by atoms with Gasteiger partial charge in [0.05, 0.1) is 23.9 Å². The molecule has 9 heteroatoms. The second kappa shape index (κ2) is 9.49. The molecule has 0 saturated carbocycles. The fourth-order valence-corrected chi connectivity index (χ4v) is 3.12. The SMILES string of the molecule is Cc1c(C(C)(C)O)cnn(CC(=NC(C)C[C@H](O)c2ccc(Cl)cc2)ON)c1=O. The van der Waals surface area contributed by atoms with Crippen LogP contribution in [0.5, 0.6) is 0 Å². The van der Waals surface area contributed by atoms with Crippen molar-refractivity contribution >= 4 is 17.5 Å². The average Bonchev–Trinajstić information content (AvgIpc) is 2.64. The summed E-state index contributed by atoms with van der Waals surface area (Å²) >= 11 is 5.86. The fourth-order valence-electron chi connectivity index (χ4n) is 2.99. The van der Waals surface area contributed by atoms with Crippen LogP contribution in [-0.2, 0) is 17.0 Å².